The first-order valence-electron chi connectivity index (χ1n) is 9.61. The van der Waals surface area contributed by atoms with Crippen molar-refractivity contribution in [2.75, 3.05) is 11.1 Å². The van der Waals surface area contributed by atoms with E-state index in [2.05, 4.69) is 25.8 Å². The van der Waals surface area contributed by atoms with Crippen molar-refractivity contribution in [3.63, 3.8) is 0 Å². The van der Waals surface area contributed by atoms with Crippen LogP contribution in [0.25, 0.3) is 0 Å². The number of amides is 1. The van der Waals surface area contributed by atoms with Crippen molar-refractivity contribution in [2.45, 2.75) is 43.5 Å². The summed E-state index contributed by atoms with van der Waals surface area (Å²) in [5.41, 5.74) is 1.53. The maximum absolute atomic E-state index is 12.4. The molecule has 2 aromatic heterocycles. The Kier molecular flexibility index (Phi) is 6.35. The number of thioether (sulfide) groups is 1. The monoisotopic (exact) mass is 410 g/mol. The van der Waals surface area contributed by atoms with Crippen LogP contribution < -0.4 is 10.1 Å². The van der Waals surface area contributed by atoms with Gasteiger partial charge in [0, 0.05) is 18.0 Å². The van der Waals surface area contributed by atoms with Crippen LogP contribution in [0.5, 0.6) is 5.75 Å². The molecular formula is C20H22N6O2S. The minimum absolute atomic E-state index is 0.113. The van der Waals surface area contributed by atoms with Gasteiger partial charge < -0.3 is 10.1 Å². The van der Waals surface area contributed by atoms with Gasteiger partial charge in [-0.25, -0.2) is 4.68 Å². The Hall–Kier alpha value is -2.94. The zero-order valence-corrected chi connectivity index (χ0v) is 16.7. The van der Waals surface area contributed by atoms with Gasteiger partial charge in [-0.3, -0.25) is 9.78 Å². The third-order valence-electron chi connectivity index (χ3n) is 4.70. The van der Waals surface area contributed by atoms with Gasteiger partial charge in [0.1, 0.15) is 12.4 Å². The van der Waals surface area contributed by atoms with Crippen LogP contribution in [-0.4, -0.2) is 36.9 Å². The third kappa shape index (κ3) is 5.32. The Balaban J connectivity index is 1.29. The minimum atomic E-state index is -0.113. The zero-order chi connectivity index (χ0) is 19.9. The third-order valence-corrected chi connectivity index (χ3v) is 5.63. The highest BCUT2D eigenvalue weighted by Crippen LogP contribution is 2.31. The van der Waals surface area contributed by atoms with Gasteiger partial charge in [-0.05, 0) is 47.5 Å². The van der Waals surface area contributed by atoms with Crippen LogP contribution in [0.3, 0.4) is 0 Å². The average Bonchev–Trinajstić information content (AvgIpc) is 3.43. The number of anilines is 1. The highest BCUT2D eigenvalue weighted by Gasteiger charge is 2.22. The molecule has 0 aliphatic heterocycles. The molecule has 1 saturated carbocycles. The summed E-state index contributed by atoms with van der Waals surface area (Å²) in [4.78, 5) is 16.6. The van der Waals surface area contributed by atoms with Gasteiger partial charge in [0.15, 0.2) is 0 Å². The standard InChI is InChI=1S/C20H22N6O2S/c27-19(14-29-20-23-24-25-26(20)17-8-1-2-9-17)22-15-7-5-10-18(12-15)28-13-16-6-3-4-11-21-16/h3-7,10-12,17H,1-2,8-9,13-14H2,(H,22,27). The molecule has 150 valence electrons. The van der Waals surface area contributed by atoms with Gasteiger partial charge in [-0.1, -0.05) is 36.7 Å². The van der Waals surface area contributed by atoms with E-state index in [9.17, 15) is 4.79 Å². The van der Waals surface area contributed by atoms with E-state index in [1.54, 1.807) is 12.3 Å². The molecule has 29 heavy (non-hydrogen) atoms. The Morgan fingerprint density at radius 3 is 2.93 bits per heavy atom. The normalized spacial score (nSPS) is 14.1. The molecule has 1 aliphatic carbocycles. The largest absolute Gasteiger partial charge is 0.487 e. The van der Waals surface area contributed by atoms with Gasteiger partial charge in [0.25, 0.3) is 0 Å². The van der Waals surface area contributed by atoms with Gasteiger partial charge in [-0.15, -0.1) is 5.10 Å². The second-order valence-corrected chi connectivity index (χ2v) is 7.76. The molecule has 0 bridgehead atoms. The van der Waals surface area contributed by atoms with E-state index in [4.69, 9.17) is 4.74 Å². The second kappa shape index (κ2) is 9.51. The van der Waals surface area contributed by atoms with Gasteiger partial charge in [0.05, 0.1) is 17.5 Å². The SMILES string of the molecule is O=C(CSc1nnnn1C1CCCC1)Nc1cccc(OCc2ccccn2)c1. The number of pyridine rings is 1. The van der Waals surface area contributed by atoms with E-state index in [1.165, 1.54) is 24.6 Å². The molecule has 0 radical (unpaired) electrons. The van der Waals surface area contributed by atoms with Crippen LogP contribution in [0.4, 0.5) is 5.69 Å². The molecule has 0 atom stereocenters. The highest BCUT2D eigenvalue weighted by molar-refractivity contribution is 7.99. The van der Waals surface area contributed by atoms with Crippen molar-refractivity contribution in [1.82, 2.24) is 25.2 Å². The number of hydrogen-bond donors (Lipinski definition) is 1. The average molecular weight is 411 g/mol. The molecule has 1 aliphatic rings. The summed E-state index contributed by atoms with van der Waals surface area (Å²) >= 11 is 1.35. The first kappa shape index (κ1) is 19.4. The fourth-order valence-electron chi connectivity index (χ4n) is 3.29. The molecule has 2 heterocycles. The number of carbonyl (C=O) groups excluding carboxylic acids is 1. The number of aromatic nitrogens is 5. The van der Waals surface area contributed by atoms with E-state index >= 15 is 0 Å². The molecule has 4 rings (SSSR count). The van der Waals surface area contributed by atoms with Crippen LogP contribution in [-0.2, 0) is 11.4 Å². The maximum Gasteiger partial charge on any atom is 0.234 e. The van der Waals surface area contributed by atoms with Crippen LogP contribution >= 0.6 is 11.8 Å². The van der Waals surface area contributed by atoms with Crippen molar-refractivity contribution in [1.29, 1.82) is 0 Å². The predicted octanol–water partition coefficient (Wildman–Crippen LogP) is 3.49. The summed E-state index contributed by atoms with van der Waals surface area (Å²) in [6, 6.07) is 13.4. The van der Waals surface area contributed by atoms with E-state index < -0.39 is 0 Å². The number of nitrogens with one attached hydrogen (secondary N) is 1. The Labute approximate surface area is 173 Å². The summed E-state index contributed by atoms with van der Waals surface area (Å²) in [7, 11) is 0. The fraction of sp³-hybridized carbons (Fsp3) is 0.350. The molecule has 1 N–H and O–H groups in total. The van der Waals surface area contributed by atoms with Crippen molar-refractivity contribution in [2.24, 2.45) is 0 Å². The molecular weight excluding hydrogens is 388 g/mol. The number of tetrazole rings is 1. The highest BCUT2D eigenvalue weighted by atomic mass is 32.2. The molecule has 1 amide bonds. The molecule has 0 saturated heterocycles. The Morgan fingerprint density at radius 2 is 2.10 bits per heavy atom. The molecule has 1 fully saturated rings. The summed E-state index contributed by atoms with van der Waals surface area (Å²) in [5, 5.41) is 15.5. The van der Waals surface area contributed by atoms with E-state index in [1.807, 2.05) is 41.1 Å². The van der Waals surface area contributed by atoms with Gasteiger partial charge >= 0.3 is 0 Å². The summed E-state index contributed by atoms with van der Waals surface area (Å²) in [5.74, 6) is 0.802. The topological polar surface area (TPSA) is 94.8 Å². The lowest BCUT2D eigenvalue weighted by Gasteiger charge is -2.11. The van der Waals surface area contributed by atoms with Crippen molar-refractivity contribution in [3.05, 3.63) is 54.4 Å². The predicted molar refractivity (Wildman–Crippen MR) is 110 cm³/mol. The van der Waals surface area contributed by atoms with Crippen LogP contribution in [0.15, 0.2) is 53.8 Å². The zero-order valence-electron chi connectivity index (χ0n) is 15.9. The molecule has 0 spiro atoms. The molecule has 9 heteroatoms. The van der Waals surface area contributed by atoms with Crippen molar-refractivity contribution >= 4 is 23.4 Å². The molecule has 1 aromatic carbocycles. The Morgan fingerprint density at radius 1 is 1.21 bits per heavy atom. The number of ether oxygens (including phenoxy) is 1. The molecule has 8 nitrogen and oxygen atoms in total. The number of rotatable bonds is 8. The lowest BCUT2D eigenvalue weighted by Crippen LogP contribution is -2.15. The molecule has 3 aromatic rings. The fourth-order valence-corrected chi connectivity index (χ4v) is 4.03. The molecule has 0 unspecified atom stereocenters. The maximum atomic E-state index is 12.4. The smallest absolute Gasteiger partial charge is 0.234 e. The van der Waals surface area contributed by atoms with E-state index in [-0.39, 0.29) is 11.7 Å². The second-order valence-electron chi connectivity index (χ2n) is 6.82. The number of benzene rings is 1. The first-order valence-corrected chi connectivity index (χ1v) is 10.6. The van der Waals surface area contributed by atoms with Crippen LogP contribution in [0, 0.1) is 0 Å². The summed E-state index contributed by atoms with van der Waals surface area (Å²) in [6.45, 7) is 0.373. The lowest BCUT2D eigenvalue weighted by atomic mass is 10.3. The van der Waals surface area contributed by atoms with Crippen LogP contribution in [0.1, 0.15) is 37.4 Å². The van der Waals surface area contributed by atoms with Crippen molar-refractivity contribution < 1.29 is 9.53 Å². The van der Waals surface area contributed by atoms with Crippen LogP contribution in [0.2, 0.25) is 0 Å². The van der Waals surface area contributed by atoms with Crippen molar-refractivity contribution in [3.8, 4) is 5.75 Å². The van der Waals surface area contributed by atoms with E-state index in [0.717, 1.165) is 18.5 Å². The Bertz CT molecular complexity index is 943. The first-order chi connectivity index (χ1) is 14.3. The van der Waals surface area contributed by atoms with Gasteiger partial charge in [-0.2, -0.15) is 0 Å². The lowest BCUT2D eigenvalue weighted by molar-refractivity contribution is -0.113. The van der Waals surface area contributed by atoms with E-state index in [0.29, 0.717) is 29.2 Å². The quantitative estimate of drug-likeness (QED) is 0.568. The minimum Gasteiger partial charge on any atom is -0.487 e. The summed E-state index contributed by atoms with van der Waals surface area (Å²) < 4.78 is 7.62. The summed E-state index contributed by atoms with van der Waals surface area (Å²) in [6.07, 6.45) is 6.32. The number of carbonyl (C=O) groups is 1. The number of nitrogens with zero attached hydrogens (tertiary/aromatic N) is 5. The van der Waals surface area contributed by atoms with Gasteiger partial charge in [0.2, 0.25) is 11.1 Å². The number of hydrogen-bond acceptors (Lipinski definition) is 7.